The van der Waals surface area contributed by atoms with Gasteiger partial charge in [-0.1, -0.05) is 13.0 Å². The van der Waals surface area contributed by atoms with Crippen molar-refractivity contribution in [3.63, 3.8) is 0 Å². The fourth-order valence-corrected chi connectivity index (χ4v) is 3.44. The Bertz CT molecular complexity index is 645. The van der Waals surface area contributed by atoms with Crippen molar-refractivity contribution in [3.8, 4) is 0 Å². The molecule has 22 heavy (non-hydrogen) atoms. The van der Waals surface area contributed by atoms with Gasteiger partial charge in [-0.25, -0.2) is 13.6 Å². The monoisotopic (exact) mass is 325 g/mol. The molecule has 3 N–H and O–H groups in total. The first-order chi connectivity index (χ1) is 10.3. The van der Waals surface area contributed by atoms with E-state index in [2.05, 4.69) is 17.1 Å². The number of likely N-dealkylation sites (N-methyl/N-ethyl adjacent to an activating group) is 1. The van der Waals surface area contributed by atoms with Crippen molar-refractivity contribution in [1.29, 1.82) is 0 Å². The lowest BCUT2D eigenvalue weighted by Crippen LogP contribution is -2.36. The second-order valence-corrected chi connectivity index (χ2v) is 7.67. The average molecular weight is 325 g/mol. The Morgan fingerprint density at radius 2 is 2.14 bits per heavy atom. The molecule has 0 saturated heterocycles. The van der Waals surface area contributed by atoms with Gasteiger partial charge in [0.2, 0.25) is 15.9 Å². The predicted molar refractivity (Wildman–Crippen MR) is 85.9 cm³/mol. The highest BCUT2D eigenvalue weighted by Gasteiger charge is 2.25. The van der Waals surface area contributed by atoms with Gasteiger partial charge in [-0.2, -0.15) is 0 Å². The van der Waals surface area contributed by atoms with Crippen molar-refractivity contribution >= 4 is 21.6 Å². The third-order valence-electron chi connectivity index (χ3n) is 4.13. The highest BCUT2D eigenvalue weighted by molar-refractivity contribution is 7.89. The van der Waals surface area contributed by atoms with Gasteiger partial charge in [-0.05, 0) is 50.4 Å². The molecule has 1 amide bonds. The smallest absolute Gasteiger partial charge is 0.238 e. The summed E-state index contributed by atoms with van der Waals surface area (Å²) in [5, 5.41) is 7.80. The van der Waals surface area contributed by atoms with E-state index in [-0.39, 0.29) is 17.3 Å². The van der Waals surface area contributed by atoms with Crippen LogP contribution in [0, 0.1) is 5.92 Å². The maximum Gasteiger partial charge on any atom is 0.238 e. The lowest BCUT2D eigenvalue weighted by molar-refractivity contribution is -0.117. The highest BCUT2D eigenvalue weighted by Crippen LogP contribution is 2.27. The van der Waals surface area contributed by atoms with Gasteiger partial charge in [0.15, 0.2) is 0 Å². The summed E-state index contributed by atoms with van der Waals surface area (Å²) in [6, 6.07) is 6.40. The summed E-state index contributed by atoms with van der Waals surface area (Å²) in [6.45, 7) is 2.52. The molecular weight excluding hydrogens is 302 g/mol. The molecule has 7 heteroatoms. The van der Waals surface area contributed by atoms with E-state index >= 15 is 0 Å². The van der Waals surface area contributed by atoms with Crippen LogP contribution in [0.5, 0.6) is 0 Å². The van der Waals surface area contributed by atoms with Crippen molar-refractivity contribution in [2.75, 3.05) is 18.9 Å². The van der Waals surface area contributed by atoms with Crippen LogP contribution in [0.3, 0.4) is 0 Å². The molecule has 2 unspecified atom stereocenters. The van der Waals surface area contributed by atoms with E-state index in [0.717, 1.165) is 12.8 Å². The number of nitrogens with two attached hydrogens (primary N) is 1. The molecule has 1 aromatic rings. The number of benzene rings is 1. The van der Waals surface area contributed by atoms with Gasteiger partial charge < -0.3 is 5.32 Å². The molecule has 0 aromatic heterocycles. The van der Waals surface area contributed by atoms with Crippen molar-refractivity contribution in [3.05, 3.63) is 24.3 Å². The number of nitrogens with zero attached hydrogens (tertiary/aromatic N) is 1. The van der Waals surface area contributed by atoms with Crippen LogP contribution in [-0.2, 0) is 14.8 Å². The zero-order chi connectivity index (χ0) is 16.3. The van der Waals surface area contributed by atoms with Gasteiger partial charge in [0.05, 0.1) is 11.4 Å². The summed E-state index contributed by atoms with van der Waals surface area (Å²) in [4.78, 5) is 14.1. The number of anilines is 1. The van der Waals surface area contributed by atoms with Crippen LogP contribution >= 0.6 is 0 Å². The number of primary sulfonamides is 1. The standard InChI is InChI=1S/C15H23N3O3S/c1-11-6-7-13(8-11)18(2)10-15(19)17-12-4-3-5-14(9-12)22(16,20)21/h3-5,9,11,13H,6-8,10H2,1-2H3,(H,17,19)(H2,16,20,21). The largest absolute Gasteiger partial charge is 0.325 e. The number of amides is 1. The number of nitrogens with one attached hydrogen (secondary N) is 1. The lowest BCUT2D eigenvalue weighted by atomic mass is 10.1. The highest BCUT2D eigenvalue weighted by atomic mass is 32.2. The fraction of sp³-hybridized carbons (Fsp3) is 0.533. The summed E-state index contributed by atoms with van der Waals surface area (Å²) < 4.78 is 22.6. The SMILES string of the molecule is CC1CCC(N(C)CC(=O)Nc2cccc(S(N)(=O)=O)c2)C1. The van der Waals surface area contributed by atoms with Crippen LogP contribution in [0.1, 0.15) is 26.2 Å². The maximum absolute atomic E-state index is 12.1. The van der Waals surface area contributed by atoms with E-state index in [1.54, 1.807) is 12.1 Å². The zero-order valence-electron chi connectivity index (χ0n) is 13.0. The third kappa shape index (κ3) is 4.53. The number of rotatable bonds is 5. The van der Waals surface area contributed by atoms with Gasteiger partial charge >= 0.3 is 0 Å². The van der Waals surface area contributed by atoms with Crippen LogP contribution in [0.4, 0.5) is 5.69 Å². The first-order valence-corrected chi connectivity index (χ1v) is 8.93. The Kier molecular flexibility index (Phi) is 5.20. The molecule has 0 heterocycles. The Labute approximate surface area is 131 Å². The number of sulfonamides is 1. The fourth-order valence-electron chi connectivity index (χ4n) is 2.88. The molecule has 2 atom stereocenters. The van der Waals surface area contributed by atoms with Gasteiger partial charge in [0.1, 0.15) is 0 Å². The number of hydrogen-bond acceptors (Lipinski definition) is 4. The third-order valence-corrected chi connectivity index (χ3v) is 5.04. The van der Waals surface area contributed by atoms with Crippen LogP contribution in [0.25, 0.3) is 0 Å². The molecule has 122 valence electrons. The molecule has 0 bridgehead atoms. The van der Waals surface area contributed by atoms with Crippen LogP contribution in [0.2, 0.25) is 0 Å². The summed E-state index contributed by atoms with van der Waals surface area (Å²) in [6.07, 6.45) is 3.43. The average Bonchev–Trinajstić information content (AvgIpc) is 2.84. The van der Waals surface area contributed by atoms with Gasteiger partial charge in [-0.15, -0.1) is 0 Å². The molecule has 1 saturated carbocycles. The van der Waals surface area contributed by atoms with E-state index in [1.165, 1.54) is 18.6 Å². The normalized spacial score (nSPS) is 22.0. The number of hydrogen-bond donors (Lipinski definition) is 2. The molecule has 1 aromatic carbocycles. The summed E-state index contributed by atoms with van der Waals surface area (Å²) in [5.41, 5.74) is 0.435. The van der Waals surface area contributed by atoms with Gasteiger partial charge in [0, 0.05) is 11.7 Å². The molecule has 1 aliphatic rings. The molecular formula is C15H23N3O3S. The molecule has 1 aliphatic carbocycles. The first kappa shape index (κ1) is 16.9. The summed E-state index contributed by atoms with van der Waals surface area (Å²) in [7, 11) is -1.82. The summed E-state index contributed by atoms with van der Waals surface area (Å²) >= 11 is 0. The zero-order valence-corrected chi connectivity index (χ0v) is 13.8. The molecule has 0 radical (unpaired) electrons. The Morgan fingerprint density at radius 3 is 2.73 bits per heavy atom. The molecule has 1 fully saturated rings. The van der Waals surface area contributed by atoms with E-state index in [4.69, 9.17) is 5.14 Å². The second-order valence-electron chi connectivity index (χ2n) is 6.11. The van der Waals surface area contributed by atoms with Crippen molar-refractivity contribution in [2.24, 2.45) is 11.1 Å². The first-order valence-electron chi connectivity index (χ1n) is 7.38. The Hall–Kier alpha value is -1.44. The minimum atomic E-state index is -3.77. The molecule has 0 spiro atoms. The minimum absolute atomic E-state index is 0.0109. The van der Waals surface area contributed by atoms with Crippen LogP contribution < -0.4 is 10.5 Å². The van der Waals surface area contributed by atoms with E-state index in [9.17, 15) is 13.2 Å². The van der Waals surface area contributed by atoms with Crippen molar-refractivity contribution in [1.82, 2.24) is 4.90 Å². The maximum atomic E-state index is 12.1. The number of carbonyl (C=O) groups is 1. The quantitative estimate of drug-likeness (QED) is 0.855. The Morgan fingerprint density at radius 1 is 1.41 bits per heavy atom. The minimum Gasteiger partial charge on any atom is -0.325 e. The van der Waals surface area contributed by atoms with E-state index in [0.29, 0.717) is 17.6 Å². The Balaban J connectivity index is 1.95. The predicted octanol–water partition coefficient (Wildman–Crippen LogP) is 1.39. The van der Waals surface area contributed by atoms with Crippen molar-refractivity contribution < 1.29 is 13.2 Å². The topological polar surface area (TPSA) is 92.5 Å². The molecule has 0 aliphatic heterocycles. The van der Waals surface area contributed by atoms with Gasteiger partial charge in [-0.3, -0.25) is 9.69 Å². The van der Waals surface area contributed by atoms with Crippen LogP contribution in [-0.4, -0.2) is 38.9 Å². The molecule has 2 rings (SSSR count). The van der Waals surface area contributed by atoms with Gasteiger partial charge in [0.25, 0.3) is 0 Å². The van der Waals surface area contributed by atoms with Crippen molar-refractivity contribution in [2.45, 2.75) is 37.1 Å². The van der Waals surface area contributed by atoms with Crippen LogP contribution in [0.15, 0.2) is 29.2 Å². The number of carbonyl (C=O) groups excluding carboxylic acids is 1. The van der Waals surface area contributed by atoms with E-state index in [1.807, 2.05) is 7.05 Å². The summed E-state index contributed by atoms with van der Waals surface area (Å²) in [5.74, 6) is 0.551. The lowest BCUT2D eigenvalue weighted by Gasteiger charge is -2.23. The van der Waals surface area contributed by atoms with E-state index < -0.39 is 10.0 Å². The second kappa shape index (κ2) is 6.76. The molecule has 6 nitrogen and oxygen atoms in total.